The lowest BCUT2D eigenvalue weighted by atomic mass is 9.82. The number of aromatic nitrogens is 1. The smallest absolute Gasteiger partial charge is 0.354 e. The molecule has 0 saturated heterocycles. The van der Waals surface area contributed by atoms with Crippen LogP contribution < -0.4 is 5.32 Å². The van der Waals surface area contributed by atoms with Gasteiger partial charge in [0.2, 0.25) is 5.91 Å². The van der Waals surface area contributed by atoms with E-state index in [0.717, 1.165) is 32.1 Å². The highest BCUT2D eigenvalue weighted by atomic mass is 16.4. The van der Waals surface area contributed by atoms with E-state index in [1.54, 1.807) is 12.1 Å². The number of hydrogen-bond donors (Lipinski definition) is 2. The van der Waals surface area contributed by atoms with Crippen LogP contribution in [0.4, 0.5) is 5.82 Å². The van der Waals surface area contributed by atoms with Crippen molar-refractivity contribution in [3.05, 3.63) is 23.9 Å². The highest BCUT2D eigenvalue weighted by molar-refractivity contribution is 5.95. The number of rotatable bonds is 4. The molecule has 0 bridgehead atoms. The molecule has 1 aromatic heterocycles. The first-order valence-electron chi connectivity index (χ1n) is 6.59. The van der Waals surface area contributed by atoms with Gasteiger partial charge in [0.25, 0.3) is 0 Å². The van der Waals surface area contributed by atoms with Gasteiger partial charge in [0.15, 0.2) is 5.69 Å². The fourth-order valence-corrected chi connectivity index (χ4v) is 2.67. The fraction of sp³-hybridized carbons (Fsp3) is 0.500. The van der Waals surface area contributed by atoms with Crippen molar-refractivity contribution in [1.82, 2.24) is 4.98 Å². The Kier molecular flexibility index (Phi) is 3.83. The molecule has 0 atom stereocenters. The first-order valence-corrected chi connectivity index (χ1v) is 6.59. The quantitative estimate of drug-likeness (QED) is 0.874. The SMILES string of the molecule is CCC1(C(=O)Nc2cccc(C(=O)O)n2)CCCC1. The molecule has 1 aliphatic carbocycles. The summed E-state index contributed by atoms with van der Waals surface area (Å²) in [6, 6.07) is 4.60. The number of carbonyl (C=O) groups is 2. The maximum atomic E-state index is 12.4. The third-order valence-corrected chi connectivity index (χ3v) is 3.93. The largest absolute Gasteiger partial charge is 0.477 e. The molecule has 5 heteroatoms. The molecule has 2 N–H and O–H groups in total. The number of nitrogens with one attached hydrogen (secondary N) is 1. The monoisotopic (exact) mass is 262 g/mol. The molecule has 2 rings (SSSR count). The van der Waals surface area contributed by atoms with Gasteiger partial charge in [0.05, 0.1) is 0 Å². The molecule has 5 nitrogen and oxygen atoms in total. The minimum absolute atomic E-state index is 0.0393. The second-order valence-electron chi connectivity index (χ2n) is 5.01. The van der Waals surface area contributed by atoms with Crippen molar-refractivity contribution >= 4 is 17.7 Å². The van der Waals surface area contributed by atoms with Crippen LogP contribution in [0.15, 0.2) is 18.2 Å². The van der Waals surface area contributed by atoms with Crippen molar-refractivity contribution < 1.29 is 14.7 Å². The number of aromatic carboxylic acids is 1. The van der Waals surface area contributed by atoms with Gasteiger partial charge in [-0.1, -0.05) is 25.8 Å². The molecule has 0 spiro atoms. The summed E-state index contributed by atoms with van der Waals surface area (Å²) in [6.45, 7) is 2.02. The molecular formula is C14H18N2O3. The van der Waals surface area contributed by atoms with Crippen LogP contribution in [-0.4, -0.2) is 22.0 Å². The summed E-state index contributed by atoms with van der Waals surface area (Å²) >= 11 is 0. The third-order valence-electron chi connectivity index (χ3n) is 3.93. The molecule has 19 heavy (non-hydrogen) atoms. The lowest BCUT2D eigenvalue weighted by molar-refractivity contribution is -0.125. The number of nitrogens with zero attached hydrogens (tertiary/aromatic N) is 1. The van der Waals surface area contributed by atoms with Crippen molar-refractivity contribution in [3.8, 4) is 0 Å². The maximum Gasteiger partial charge on any atom is 0.354 e. The lowest BCUT2D eigenvalue weighted by Crippen LogP contribution is -2.33. The van der Waals surface area contributed by atoms with Gasteiger partial charge in [-0.2, -0.15) is 0 Å². The van der Waals surface area contributed by atoms with Gasteiger partial charge in [-0.25, -0.2) is 9.78 Å². The second-order valence-corrected chi connectivity index (χ2v) is 5.01. The van der Waals surface area contributed by atoms with Gasteiger partial charge in [0.1, 0.15) is 5.82 Å². The van der Waals surface area contributed by atoms with Crippen molar-refractivity contribution in [3.63, 3.8) is 0 Å². The summed E-state index contributed by atoms with van der Waals surface area (Å²) in [4.78, 5) is 27.1. The average molecular weight is 262 g/mol. The predicted octanol–water partition coefficient (Wildman–Crippen LogP) is 2.69. The molecule has 0 radical (unpaired) electrons. The number of amides is 1. The van der Waals surface area contributed by atoms with Crippen LogP contribution in [0, 0.1) is 5.41 Å². The Labute approximate surface area is 112 Å². The molecule has 1 aliphatic rings. The molecule has 0 aromatic carbocycles. The Bertz CT molecular complexity index is 493. The predicted molar refractivity (Wildman–Crippen MR) is 71.0 cm³/mol. The number of carboxylic acids is 1. The minimum Gasteiger partial charge on any atom is -0.477 e. The number of hydrogen-bond acceptors (Lipinski definition) is 3. The highest BCUT2D eigenvalue weighted by Crippen LogP contribution is 2.41. The first kappa shape index (κ1) is 13.5. The number of carbonyl (C=O) groups excluding carboxylic acids is 1. The van der Waals surface area contributed by atoms with Crippen molar-refractivity contribution in [2.24, 2.45) is 5.41 Å². The normalized spacial score (nSPS) is 17.1. The van der Waals surface area contributed by atoms with Crippen molar-refractivity contribution in [1.29, 1.82) is 0 Å². The van der Waals surface area contributed by atoms with Crippen molar-refractivity contribution in [2.45, 2.75) is 39.0 Å². The lowest BCUT2D eigenvalue weighted by Gasteiger charge is -2.25. The summed E-state index contributed by atoms with van der Waals surface area (Å²) in [5.74, 6) is -0.825. The number of anilines is 1. The van der Waals surface area contributed by atoms with Gasteiger partial charge >= 0.3 is 5.97 Å². The maximum absolute atomic E-state index is 12.4. The molecule has 1 heterocycles. The van der Waals surface area contributed by atoms with Crippen LogP contribution in [-0.2, 0) is 4.79 Å². The zero-order chi connectivity index (χ0) is 13.9. The van der Waals surface area contributed by atoms with Gasteiger partial charge in [-0.15, -0.1) is 0 Å². The molecule has 1 amide bonds. The van der Waals surface area contributed by atoms with E-state index in [1.165, 1.54) is 6.07 Å². The summed E-state index contributed by atoms with van der Waals surface area (Å²) in [6.07, 6.45) is 4.74. The molecular weight excluding hydrogens is 244 g/mol. The van der Waals surface area contributed by atoms with Crippen LogP contribution in [0.5, 0.6) is 0 Å². The Morgan fingerprint density at radius 1 is 1.37 bits per heavy atom. The molecule has 1 fully saturated rings. The van der Waals surface area contributed by atoms with Crippen LogP contribution in [0.3, 0.4) is 0 Å². The number of pyridine rings is 1. The second kappa shape index (κ2) is 5.38. The van der Waals surface area contributed by atoms with E-state index in [1.807, 2.05) is 6.92 Å². The van der Waals surface area contributed by atoms with E-state index in [9.17, 15) is 9.59 Å². The average Bonchev–Trinajstić information content (AvgIpc) is 2.89. The minimum atomic E-state index is -1.10. The van der Waals surface area contributed by atoms with Crippen LogP contribution in [0.1, 0.15) is 49.5 Å². The molecule has 1 aromatic rings. The molecule has 0 aliphatic heterocycles. The van der Waals surface area contributed by atoms with Crippen molar-refractivity contribution in [2.75, 3.05) is 5.32 Å². The third kappa shape index (κ3) is 2.75. The summed E-state index contributed by atoms with van der Waals surface area (Å²) < 4.78 is 0. The first-order chi connectivity index (χ1) is 9.07. The molecule has 0 unspecified atom stereocenters. The van der Waals surface area contributed by atoms with E-state index in [2.05, 4.69) is 10.3 Å². The Hall–Kier alpha value is -1.91. The van der Waals surface area contributed by atoms with Gasteiger partial charge in [-0.3, -0.25) is 4.79 Å². The standard InChI is InChI=1S/C14H18N2O3/c1-2-14(8-3-4-9-14)13(19)16-11-7-5-6-10(15-11)12(17)18/h5-7H,2-4,8-9H2,1H3,(H,17,18)(H,15,16,19). The molecule has 102 valence electrons. The topological polar surface area (TPSA) is 79.3 Å². The number of carboxylic acid groups (broad SMARTS) is 1. The zero-order valence-corrected chi connectivity index (χ0v) is 11.0. The summed E-state index contributed by atoms with van der Waals surface area (Å²) in [5.41, 5.74) is -0.365. The summed E-state index contributed by atoms with van der Waals surface area (Å²) in [5, 5.41) is 11.6. The van der Waals surface area contributed by atoms with E-state index < -0.39 is 5.97 Å². The molecule has 1 saturated carbocycles. The van der Waals surface area contributed by atoms with Crippen LogP contribution >= 0.6 is 0 Å². The van der Waals surface area contributed by atoms with Crippen LogP contribution in [0.2, 0.25) is 0 Å². The van der Waals surface area contributed by atoms with E-state index in [0.29, 0.717) is 5.82 Å². The Balaban J connectivity index is 2.14. The van der Waals surface area contributed by atoms with E-state index in [4.69, 9.17) is 5.11 Å². The zero-order valence-electron chi connectivity index (χ0n) is 11.0. The van der Waals surface area contributed by atoms with E-state index >= 15 is 0 Å². The van der Waals surface area contributed by atoms with E-state index in [-0.39, 0.29) is 17.0 Å². The van der Waals surface area contributed by atoms with Gasteiger partial charge < -0.3 is 10.4 Å². The Morgan fingerprint density at radius 2 is 2.05 bits per heavy atom. The van der Waals surface area contributed by atoms with Gasteiger partial charge in [0, 0.05) is 5.41 Å². The highest BCUT2D eigenvalue weighted by Gasteiger charge is 2.39. The van der Waals surface area contributed by atoms with Gasteiger partial charge in [-0.05, 0) is 31.4 Å². The van der Waals surface area contributed by atoms with Crippen LogP contribution in [0.25, 0.3) is 0 Å². The Morgan fingerprint density at radius 3 is 2.63 bits per heavy atom. The summed E-state index contributed by atoms with van der Waals surface area (Å²) in [7, 11) is 0. The fourth-order valence-electron chi connectivity index (χ4n) is 2.67.